The molecule has 3 N–H and O–H groups in total. The Morgan fingerprint density at radius 2 is 2.00 bits per heavy atom. The zero-order valence-electron chi connectivity index (χ0n) is 7.82. The molecule has 2 aromatic rings. The summed E-state index contributed by atoms with van der Waals surface area (Å²) in [6.07, 6.45) is 0. The van der Waals surface area contributed by atoms with Gasteiger partial charge in [0.1, 0.15) is 5.82 Å². The fourth-order valence-electron chi connectivity index (χ4n) is 1.35. The number of nitrogens with two attached hydrogens (primary N) is 1. The van der Waals surface area contributed by atoms with Crippen LogP contribution in [0.15, 0.2) is 30.3 Å². The minimum Gasteiger partial charge on any atom is -0.382 e. The van der Waals surface area contributed by atoms with E-state index in [2.05, 4.69) is 23.2 Å². The third-order valence-electron chi connectivity index (χ3n) is 2.03. The number of benzene rings is 1. The van der Waals surface area contributed by atoms with Gasteiger partial charge in [-0.25, -0.2) is 0 Å². The molecule has 1 heterocycles. The highest BCUT2D eigenvalue weighted by atomic mass is 35.5. The Hall–Kier alpha value is -1.48. The topological polar surface area (TPSA) is 54.7 Å². The Labute approximate surface area is 88.7 Å². The molecule has 0 radical (unpaired) electrons. The van der Waals surface area contributed by atoms with Gasteiger partial charge in [0, 0.05) is 11.6 Å². The second-order valence-electron chi connectivity index (χ2n) is 3.02. The molecule has 0 amide bonds. The van der Waals surface area contributed by atoms with Crippen molar-refractivity contribution in [3.63, 3.8) is 0 Å². The van der Waals surface area contributed by atoms with Gasteiger partial charge in [-0.05, 0) is 12.5 Å². The highest BCUT2D eigenvalue weighted by Crippen LogP contribution is 2.21. The van der Waals surface area contributed by atoms with Crippen molar-refractivity contribution in [1.82, 2.24) is 10.2 Å². The van der Waals surface area contributed by atoms with Crippen molar-refractivity contribution in [1.29, 1.82) is 0 Å². The number of hydrogen-bond donors (Lipinski definition) is 2. The van der Waals surface area contributed by atoms with Crippen LogP contribution in [0.2, 0.25) is 0 Å². The number of aromatic nitrogens is 2. The highest BCUT2D eigenvalue weighted by molar-refractivity contribution is 5.85. The summed E-state index contributed by atoms with van der Waals surface area (Å²) in [4.78, 5) is 0. The van der Waals surface area contributed by atoms with Gasteiger partial charge in [0.15, 0.2) is 0 Å². The summed E-state index contributed by atoms with van der Waals surface area (Å²) in [7, 11) is 0. The van der Waals surface area contributed by atoms with Gasteiger partial charge < -0.3 is 5.73 Å². The Bertz CT molecular complexity index is 423. The predicted octanol–water partition coefficient (Wildman–Crippen LogP) is 2.39. The summed E-state index contributed by atoms with van der Waals surface area (Å²) < 4.78 is 0. The Morgan fingerprint density at radius 3 is 2.57 bits per heavy atom. The number of aromatic amines is 1. The van der Waals surface area contributed by atoms with E-state index < -0.39 is 0 Å². The number of anilines is 1. The molecule has 0 aliphatic rings. The molecule has 14 heavy (non-hydrogen) atoms. The third kappa shape index (κ3) is 1.88. The van der Waals surface area contributed by atoms with Crippen molar-refractivity contribution in [2.24, 2.45) is 0 Å². The lowest BCUT2D eigenvalue weighted by atomic mass is 10.1. The maximum atomic E-state index is 5.52. The molecule has 0 spiro atoms. The van der Waals surface area contributed by atoms with Gasteiger partial charge in [0.25, 0.3) is 0 Å². The minimum absolute atomic E-state index is 0. The molecule has 2 rings (SSSR count). The van der Waals surface area contributed by atoms with Crippen LogP contribution < -0.4 is 5.73 Å². The van der Waals surface area contributed by atoms with Crippen molar-refractivity contribution < 1.29 is 0 Å². The van der Waals surface area contributed by atoms with Gasteiger partial charge in [-0.1, -0.05) is 24.3 Å². The highest BCUT2D eigenvalue weighted by Gasteiger charge is 2.02. The van der Waals surface area contributed by atoms with E-state index in [1.165, 1.54) is 5.56 Å². The van der Waals surface area contributed by atoms with Crippen LogP contribution in [0.5, 0.6) is 0 Å². The molecule has 4 heteroatoms. The molecule has 0 saturated heterocycles. The predicted molar refractivity (Wildman–Crippen MR) is 60.4 cm³/mol. The van der Waals surface area contributed by atoms with Crippen LogP contribution in [0.4, 0.5) is 5.82 Å². The van der Waals surface area contributed by atoms with Crippen LogP contribution in [-0.2, 0) is 0 Å². The van der Waals surface area contributed by atoms with E-state index in [1.807, 2.05) is 24.3 Å². The molecule has 0 saturated carbocycles. The lowest BCUT2D eigenvalue weighted by Gasteiger charge is -2.00. The van der Waals surface area contributed by atoms with Crippen LogP contribution in [0, 0.1) is 6.92 Å². The quantitative estimate of drug-likeness (QED) is 0.758. The number of halogens is 1. The average Bonchev–Trinajstić information content (AvgIpc) is 2.53. The number of rotatable bonds is 1. The molecule has 0 aliphatic heterocycles. The molecule has 1 aromatic carbocycles. The van der Waals surface area contributed by atoms with E-state index in [4.69, 9.17) is 5.73 Å². The Morgan fingerprint density at radius 1 is 1.29 bits per heavy atom. The summed E-state index contributed by atoms with van der Waals surface area (Å²) in [6, 6.07) is 9.95. The van der Waals surface area contributed by atoms with Gasteiger partial charge in [-0.15, -0.1) is 12.4 Å². The number of H-pyrrole nitrogens is 1. The largest absolute Gasteiger partial charge is 0.382 e. The number of nitrogens with zero attached hydrogens (tertiary/aromatic N) is 1. The fourth-order valence-corrected chi connectivity index (χ4v) is 1.35. The van der Waals surface area contributed by atoms with E-state index in [1.54, 1.807) is 0 Å². The van der Waals surface area contributed by atoms with Crippen molar-refractivity contribution >= 4 is 18.2 Å². The monoisotopic (exact) mass is 209 g/mol. The van der Waals surface area contributed by atoms with Crippen molar-refractivity contribution in [2.75, 3.05) is 5.73 Å². The first-order valence-corrected chi connectivity index (χ1v) is 4.14. The first kappa shape index (κ1) is 10.6. The van der Waals surface area contributed by atoms with Crippen LogP contribution in [0.3, 0.4) is 0 Å². The zero-order chi connectivity index (χ0) is 9.26. The molecule has 0 unspecified atom stereocenters. The molecular weight excluding hydrogens is 198 g/mol. The SMILES string of the molecule is Cc1ccccc1-c1cc(N)n[nH]1.Cl. The summed E-state index contributed by atoms with van der Waals surface area (Å²) in [6.45, 7) is 2.06. The zero-order valence-corrected chi connectivity index (χ0v) is 8.64. The number of nitrogen functional groups attached to an aromatic ring is 1. The van der Waals surface area contributed by atoms with Gasteiger partial charge in [0.2, 0.25) is 0 Å². The maximum Gasteiger partial charge on any atom is 0.145 e. The van der Waals surface area contributed by atoms with E-state index in [0.717, 1.165) is 11.3 Å². The Kier molecular flexibility index (Phi) is 3.14. The van der Waals surface area contributed by atoms with Crippen LogP contribution >= 0.6 is 12.4 Å². The standard InChI is InChI=1S/C10H11N3.ClH/c1-7-4-2-3-5-8(7)9-6-10(11)13-12-9;/h2-6H,1H3,(H3,11,12,13);1H. The molecule has 3 nitrogen and oxygen atoms in total. The smallest absolute Gasteiger partial charge is 0.145 e. The van der Waals surface area contributed by atoms with E-state index >= 15 is 0 Å². The maximum absolute atomic E-state index is 5.52. The van der Waals surface area contributed by atoms with Crippen molar-refractivity contribution in [2.45, 2.75) is 6.92 Å². The summed E-state index contributed by atoms with van der Waals surface area (Å²) in [5.74, 6) is 0.526. The number of aryl methyl sites for hydroxylation is 1. The molecule has 0 aliphatic carbocycles. The first-order valence-electron chi connectivity index (χ1n) is 4.14. The lowest BCUT2D eigenvalue weighted by Crippen LogP contribution is -1.81. The van der Waals surface area contributed by atoms with Crippen molar-refractivity contribution in [3.8, 4) is 11.3 Å². The summed E-state index contributed by atoms with van der Waals surface area (Å²) in [5, 5.41) is 6.77. The van der Waals surface area contributed by atoms with Crippen LogP contribution in [0.25, 0.3) is 11.3 Å². The molecule has 1 aromatic heterocycles. The van der Waals surface area contributed by atoms with Gasteiger partial charge >= 0.3 is 0 Å². The summed E-state index contributed by atoms with van der Waals surface area (Å²) in [5.41, 5.74) is 8.85. The molecule has 0 fully saturated rings. The first-order chi connectivity index (χ1) is 6.27. The van der Waals surface area contributed by atoms with Gasteiger partial charge in [-0.3, -0.25) is 5.10 Å². The molecule has 74 valence electrons. The second kappa shape index (κ2) is 4.15. The lowest BCUT2D eigenvalue weighted by molar-refractivity contribution is 1.10. The van der Waals surface area contributed by atoms with E-state index in [0.29, 0.717) is 5.82 Å². The second-order valence-corrected chi connectivity index (χ2v) is 3.02. The molecular formula is C10H12ClN3. The van der Waals surface area contributed by atoms with Gasteiger partial charge in [0.05, 0.1) is 5.69 Å². The van der Waals surface area contributed by atoms with E-state index in [-0.39, 0.29) is 12.4 Å². The number of nitrogens with one attached hydrogen (secondary N) is 1. The summed E-state index contributed by atoms with van der Waals surface area (Å²) >= 11 is 0. The van der Waals surface area contributed by atoms with E-state index in [9.17, 15) is 0 Å². The Balaban J connectivity index is 0.000000980. The fraction of sp³-hybridized carbons (Fsp3) is 0.100. The molecule has 0 bridgehead atoms. The number of hydrogen-bond acceptors (Lipinski definition) is 2. The van der Waals surface area contributed by atoms with Crippen molar-refractivity contribution in [3.05, 3.63) is 35.9 Å². The average molecular weight is 210 g/mol. The third-order valence-corrected chi connectivity index (χ3v) is 2.03. The van der Waals surface area contributed by atoms with Gasteiger partial charge in [-0.2, -0.15) is 5.10 Å². The van der Waals surface area contributed by atoms with Crippen LogP contribution in [-0.4, -0.2) is 10.2 Å². The normalized spacial score (nSPS) is 9.50. The molecule has 0 atom stereocenters. The van der Waals surface area contributed by atoms with Crippen LogP contribution in [0.1, 0.15) is 5.56 Å². The minimum atomic E-state index is 0.